The van der Waals surface area contributed by atoms with E-state index in [1.807, 2.05) is 0 Å². The number of benzene rings is 1. The van der Waals surface area contributed by atoms with Crippen molar-refractivity contribution in [3.63, 3.8) is 0 Å². The summed E-state index contributed by atoms with van der Waals surface area (Å²) in [5.74, 6) is -0.253. The third kappa shape index (κ3) is 2.72. The van der Waals surface area contributed by atoms with E-state index in [4.69, 9.17) is 5.73 Å². The molecule has 0 aliphatic carbocycles. The maximum Gasteiger partial charge on any atom is 0.292 e. The highest BCUT2D eigenvalue weighted by molar-refractivity contribution is 6.01. The highest BCUT2D eigenvalue weighted by atomic mass is 16.6. The summed E-state index contributed by atoms with van der Waals surface area (Å²) in [7, 11) is 0. The fourth-order valence-electron chi connectivity index (χ4n) is 2.47. The van der Waals surface area contributed by atoms with E-state index >= 15 is 0 Å². The summed E-state index contributed by atoms with van der Waals surface area (Å²) in [5, 5.41) is 20.0. The first-order valence-corrected chi connectivity index (χ1v) is 6.47. The molecule has 1 aromatic carbocycles. The predicted molar refractivity (Wildman–Crippen MR) is 73.2 cm³/mol. The van der Waals surface area contributed by atoms with Gasteiger partial charge in [0.2, 0.25) is 0 Å². The summed E-state index contributed by atoms with van der Waals surface area (Å²) in [4.78, 5) is 24.2. The van der Waals surface area contributed by atoms with Crippen LogP contribution in [-0.4, -0.2) is 40.5 Å². The second-order valence-corrected chi connectivity index (χ2v) is 4.94. The number of hydrogen-bond donors (Lipinski definition) is 2. The lowest BCUT2D eigenvalue weighted by Crippen LogP contribution is -2.41. The number of piperidine rings is 1. The SMILES string of the molecule is Nc1c(C(=O)N2CCCC(CO)C2)cccc1[N+](=O)[O-]. The van der Waals surface area contributed by atoms with Crippen molar-refractivity contribution in [2.75, 3.05) is 25.4 Å². The van der Waals surface area contributed by atoms with Gasteiger partial charge in [-0.15, -0.1) is 0 Å². The van der Waals surface area contributed by atoms with Gasteiger partial charge < -0.3 is 15.7 Å². The van der Waals surface area contributed by atoms with E-state index in [1.165, 1.54) is 18.2 Å². The van der Waals surface area contributed by atoms with Crippen molar-refractivity contribution in [3.05, 3.63) is 33.9 Å². The molecule has 0 radical (unpaired) electrons. The molecule has 1 fully saturated rings. The van der Waals surface area contributed by atoms with Gasteiger partial charge >= 0.3 is 0 Å². The molecule has 1 aliphatic rings. The fraction of sp³-hybridized carbons (Fsp3) is 0.462. The minimum atomic E-state index is -0.598. The third-order valence-corrected chi connectivity index (χ3v) is 3.57. The molecule has 1 heterocycles. The Hall–Kier alpha value is -2.15. The van der Waals surface area contributed by atoms with Gasteiger partial charge in [-0.25, -0.2) is 0 Å². The predicted octanol–water partition coefficient (Wildman–Crippen LogP) is 1.02. The average Bonchev–Trinajstić information content (AvgIpc) is 2.46. The zero-order valence-electron chi connectivity index (χ0n) is 11.0. The van der Waals surface area contributed by atoms with Crippen LogP contribution in [0, 0.1) is 16.0 Å². The van der Waals surface area contributed by atoms with Gasteiger partial charge in [0, 0.05) is 25.8 Å². The number of nitro groups is 1. The van der Waals surface area contributed by atoms with Crippen molar-refractivity contribution in [1.29, 1.82) is 0 Å². The van der Waals surface area contributed by atoms with Gasteiger partial charge in [0.25, 0.3) is 11.6 Å². The van der Waals surface area contributed by atoms with Gasteiger partial charge in [-0.1, -0.05) is 6.07 Å². The minimum absolute atomic E-state index is 0.0359. The van der Waals surface area contributed by atoms with Crippen LogP contribution in [0.25, 0.3) is 0 Å². The third-order valence-electron chi connectivity index (χ3n) is 3.57. The van der Waals surface area contributed by atoms with E-state index in [2.05, 4.69) is 0 Å². The van der Waals surface area contributed by atoms with Gasteiger partial charge in [-0.3, -0.25) is 14.9 Å². The number of carbonyl (C=O) groups excluding carboxylic acids is 1. The highest BCUT2D eigenvalue weighted by Gasteiger charge is 2.27. The van der Waals surface area contributed by atoms with Crippen LogP contribution in [0.1, 0.15) is 23.2 Å². The molecule has 1 atom stereocenters. The van der Waals surface area contributed by atoms with Crippen LogP contribution < -0.4 is 5.73 Å². The van der Waals surface area contributed by atoms with Gasteiger partial charge in [-0.2, -0.15) is 0 Å². The van der Waals surface area contributed by atoms with Crippen LogP contribution >= 0.6 is 0 Å². The number of anilines is 1. The Kier molecular flexibility index (Phi) is 4.19. The Morgan fingerprint density at radius 2 is 2.30 bits per heavy atom. The first-order valence-electron chi connectivity index (χ1n) is 6.47. The molecule has 1 saturated heterocycles. The van der Waals surface area contributed by atoms with Crippen molar-refractivity contribution in [1.82, 2.24) is 4.90 Å². The average molecular weight is 279 g/mol. The summed E-state index contributed by atoms with van der Waals surface area (Å²) in [6.07, 6.45) is 1.69. The summed E-state index contributed by atoms with van der Waals surface area (Å²) in [6.45, 7) is 1.07. The molecule has 0 saturated carbocycles. The Labute approximate surface area is 116 Å². The van der Waals surface area contributed by atoms with E-state index in [-0.39, 0.29) is 35.4 Å². The van der Waals surface area contributed by atoms with Crippen LogP contribution in [0.4, 0.5) is 11.4 Å². The lowest BCUT2D eigenvalue weighted by molar-refractivity contribution is -0.383. The van der Waals surface area contributed by atoms with Crippen LogP contribution in [0.5, 0.6) is 0 Å². The molecule has 1 unspecified atom stereocenters. The van der Waals surface area contributed by atoms with Crippen LogP contribution in [0.2, 0.25) is 0 Å². The van der Waals surface area contributed by atoms with E-state index in [1.54, 1.807) is 4.90 Å². The molecule has 20 heavy (non-hydrogen) atoms. The molecule has 3 N–H and O–H groups in total. The zero-order chi connectivity index (χ0) is 14.7. The normalized spacial score (nSPS) is 18.9. The molecule has 1 aliphatic heterocycles. The maximum atomic E-state index is 12.4. The molecule has 0 bridgehead atoms. The van der Waals surface area contributed by atoms with E-state index in [0.29, 0.717) is 13.1 Å². The standard InChI is InChI=1S/C13H17N3O4/c14-12-10(4-1-5-11(12)16(19)20)13(18)15-6-2-3-9(7-15)8-17/h1,4-5,9,17H,2-3,6-8,14H2. The van der Waals surface area contributed by atoms with Crippen LogP contribution in [0.3, 0.4) is 0 Å². The second-order valence-electron chi connectivity index (χ2n) is 4.94. The Morgan fingerprint density at radius 3 is 2.95 bits per heavy atom. The molecular weight excluding hydrogens is 262 g/mol. The van der Waals surface area contributed by atoms with Crippen molar-refractivity contribution in [2.45, 2.75) is 12.8 Å². The number of amides is 1. The number of nitrogens with zero attached hydrogens (tertiary/aromatic N) is 2. The second kappa shape index (κ2) is 5.87. The number of nitrogen functional groups attached to an aromatic ring is 1. The van der Waals surface area contributed by atoms with E-state index in [9.17, 15) is 20.0 Å². The lowest BCUT2D eigenvalue weighted by atomic mass is 9.98. The Balaban J connectivity index is 2.25. The van der Waals surface area contributed by atoms with Crippen LogP contribution in [0.15, 0.2) is 18.2 Å². The number of nitrogens with two attached hydrogens (primary N) is 1. The van der Waals surface area contributed by atoms with E-state index in [0.717, 1.165) is 12.8 Å². The quantitative estimate of drug-likeness (QED) is 0.487. The number of carbonyl (C=O) groups is 1. The molecule has 7 nitrogen and oxygen atoms in total. The van der Waals surface area contributed by atoms with Crippen molar-refractivity contribution in [3.8, 4) is 0 Å². The number of aliphatic hydroxyl groups excluding tert-OH is 1. The number of nitro benzene ring substituents is 1. The van der Waals surface area contributed by atoms with Gasteiger partial charge in [0.15, 0.2) is 0 Å². The maximum absolute atomic E-state index is 12.4. The summed E-state index contributed by atoms with van der Waals surface area (Å²) in [6, 6.07) is 4.22. The summed E-state index contributed by atoms with van der Waals surface area (Å²) >= 11 is 0. The minimum Gasteiger partial charge on any atom is -0.396 e. The number of likely N-dealkylation sites (tertiary alicyclic amines) is 1. The van der Waals surface area contributed by atoms with Gasteiger partial charge in [0.1, 0.15) is 5.69 Å². The van der Waals surface area contributed by atoms with Gasteiger partial charge in [0.05, 0.1) is 10.5 Å². The molecule has 108 valence electrons. The van der Waals surface area contributed by atoms with Crippen molar-refractivity contribution >= 4 is 17.3 Å². The number of rotatable bonds is 3. The largest absolute Gasteiger partial charge is 0.396 e. The zero-order valence-corrected chi connectivity index (χ0v) is 11.0. The van der Waals surface area contributed by atoms with Crippen LogP contribution in [-0.2, 0) is 0 Å². The number of aliphatic hydroxyl groups is 1. The molecule has 0 aromatic heterocycles. The smallest absolute Gasteiger partial charge is 0.292 e. The first kappa shape index (κ1) is 14.3. The Bertz CT molecular complexity index is 532. The Morgan fingerprint density at radius 1 is 1.55 bits per heavy atom. The monoisotopic (exact) mass is 279 g/mol. The molecular formula is C13H17N3O4. The fourth-order valence-corrected chi connectivity index (χ4v) is 2.47. The van der Waals surface area contributed by atoms with Crippen molar-refractivity contribution in [2.24, 2.45) is 5.92 Å². The highest BCUT2D eigenvalue weighted by Crippen LogP contribution is 2.27. The first-order chi connectivity index (χ1) is 9.54. The molecule has 7 heteroatoms. The van der Waals surface area contributed by atoms with E-state index < -0.39 is 4.92 Å². The summed E-state index contributed by atoms with van der Waals surface area (Å²) in [5.41, 5.74) is 5.51. The van der Waals surface area contributed by atoms with Crippen molar-refractivity contribution < 1.29 is 14.8 Å². The lowest BCUT2D eigenvalue weighted by Gasteiger charge is -2.32. The molecule has 2 rings (SSSR count). The molecule has 1 amide bonds. The number of para-hydroxylation sites is 1. The number of hydrogen-bond acceptors (Lipinski definition) is 5. The van der Waals surface area contributed by atoms with Gasteiger partial charge in [-0.05, 0) is 24.8 Å². The molecule has 0 spiro atoms. The topological polar surface area (TPSA) is 110 Å². The molecule has 1 aromatic rings. The summed E-state index contributed by atoms with van der Waals surface area (Å²) < 4.78 is 0.